The zero-order valence-corrected chi connectivity index (χ0v) is 8.95. The zero-order chi connectivity index (χ0) is 10.1. The Morgan fingerprint density at radius 2 is 2.21 bits per heavy atom. The molecule has 74 valence electrons. The second-order valence-electron chi connectivity index (χ2n) is 3.29. The van der Waals surface area contributed by atoms with Crippen molar-refractivity contribution in [3.8, 4) is 0 Å². The molecule has 1 aliphatic rings. The highest BCUT2D eigenvalue weighted by Crippen LogP contribution is 2.34. The van der Waals surface area contributed by atoms with Crippen molar-refractivity contribution in [2.24, 2.45) is 0 Å². The predicted octanol–water partition coefficient (Wildman–Crippen LogP) is 2.04. The van der Waals surface area contributed by atoms with Gasteiger partial charge in [0, 0.05) is 25.1 Å². The van der Waals surface area contributed by atoms with Crippen molar-refractivity contribution in [1.29, 1.82) is 0 Å². The van der Waals surface area contributed by atoms with Crippen LogP contribution in [0.2, 0.25) is 0 Å². The third-order valence-electron chi connectivity index (χ3n) is 2.43. The number of hydrogen-bond acceptors (Lipinski definition) is 3. The lowest BCUT2D eigenvalue weighted by Crippen LogP contribution is -2.40. The number of benzene rings is 1. The van der Waals surface area contributed by atoms with E-state index in [0.717, 1.165) is 18.7 Å². The van der Waals surface area contributed by atoms with Gasteiger partial charge in [-0.3, -0.25) is 10.1 Å². The smallest absolute Gasteiger partial charge is 0.283 e. The molecule has 1 aliphatic heterocycles. The maximum absolute atomic E-state index is 10.7. The van der Waals surface area contributed by atoms with Crippen LogP contribution in [0.3, 0.4) is 0 Å². The summed E-state index contributed by atoms with van der Waals surface area (Å²) in [5.74, 6) is 0.407. The summed E-state index contributed by atoms with van der Waals surface area (Å²) in [5.41, 5.74) is 1.17. The van der Waals surface area contributed by atoms with Gasteiger partial charge in [-0.05, 0) is 21.5 Å². The fourth-order valence-corrected chi connectivity index (χ4v) is 2.23. The number of nitrogens with zero attached hydrogens (tertiary/aromatic N) is 1. The van der Waals surface area contributed by atoms with Gasteiger partial charge in [0.15, 0.2) is 0 Å². The third-order valence-corrected chi connectivity index (χ3v) is 3.29. The highest BCUT2D eigenvalue weighted by atomic mass is 79.9. The molecule has 14 heavy (non-hydrogen) atoms. The van der Waals surface area contributed by atoms with E-state index in [2.05, 4.69) is 21.2 Å². The van der Waals surface area contributed by atoms with Crippen LogP contribution < -0.4 is 5.32 Å². The van der Waals surface area contributed by atoms with Crippen molar-refractivity contribution in [1.82, 2.24) is 5.32 Å². The standard InChI is InChI=1S/C9H9BrN2O2/c10-9-7(6-4-11-5-6)2-1-3-8(9)12(13)14/h1-3,6,11H,4-5H2. The van der Waals surface area contributed by atoms with Crippen LogP contribution in [-0.4, -0.2) is 18.0 Å². The molecule has 1 fully saturated rings. The van der Waals surface area contributed by atoms with Gasteiger partial charge in [0.1, 0.15) is 0 Å². The minimum Gasteiger partial charge on any atom is -0.315 e. The maximum atomic E-state index is 10.7. The van der Waals surface area contributed by atoms with Crippen molar-refractivity contribution < 1.29 is 4.92 Å². The van der Waals surface area contributed by atoms with Gasteiger partial charge >= 0.3 is 0 Å². The lowest BCUT2D eigenvalue weighted by atomic mass is 9.93. The van der Waals surface area contributed by atoms with E-state index in [1.165, 1.54) is 6.07 Å². The molecule has 1 heterocycles. The number of rotatable bonds is 2. The number of nitro benzene ring substituents is 1. The van der Waals surface area contributed by atoms with Crippen LogP contribution in [0.25, 0.3) is 0 Å². The molecule has 1 N–H and O–H groups in total. The average molecular weight is 257 g/mol. The van der Waals surface area contributed by atoms with Crippen molar-refractivity contribution >= 4 is 21.6 Å². The molecule has 0 aliphatic carbocycles. The van der Waals surface area contributed by atoms with E-state index in [0.29, 0.717) is 10.4 Å². The molecule has 0 radical (unpaired) electrons. The number of nitro groups is 1. The summed E-state index contributed by atoms with van der Waals surface area (Å²) in [6, 6.07) is 5.18. The SMILES string of the molecule is O=[N+]([O-])c1cccc(C2CNC2)c1Br. The molecule has 4 nitrogen and oxygen atoms in total. The fourth-order valence-electron chi connectivity index (χ4n) is 1.50. The molecule has 1 aromatic carbocycles. The molecule has 0 amide bonds. The molecule has 1 aromatic rings. The second kappa shape index (κ2) is 3.67. The average Bonchev–Trinajstić information content (AvgIpc) is 2.04. The van der Waals surface area contributed by atoms with Crippen molar-refractivity contribution in [2.45, 2.75) is 5.92 Å². The fraction of sp³-hybridized carbons (Fsp3) is 0.333. The van der Waals surface area contributed by atoms with Crippen molar-refractivity contribution in [3.05, 3.63) is 38.3 Å². The first-order valence-corrected chi connectivity index (χ1v) is 5.13. The Morgan fingerprint density at radius 1 is 1.50 bits per heavy atom. The van der Waals surface area contributed by atoms with Gasteiger partial charge in [-0.15, -0.1) is 0 Å². The van der Waals surface area contributed by atoms with Gasteiger partial charge in [0.25, 0.3) is 5.69 Å². The van der Waals surface area contributed by atoms with E-state index in [-0.39, 0.29) is 10.6 Å². The largest absolute Gasteiger partial charge is 0.315 e. The Hall–Kier alpha value is -0.940. The quantitative estimate of drug-likeness (QED) is 0.651. The maximum Gasteiger partial charge on any atom is 0.283 e. The molecule has 0 spiro atoms. The second-order valence-corrected chi connectivity index (χ2v) is 4.09. The molecule has 2 rings (SSSR count). The zero-order valence-electron chi connectivity index (χ0n) is 7.37. The summed E-state index contributed by atoms with van der Waals surface area (Å²) in [7, 11) is 0. The van der Waals surface area contributed by atoms with Crippen LogP contribution in [-0.2, 0) is 0 Å². The number of hydrogen-bond donors (Lipinski definition) is 1. The third kappa shape index (κ3) is 1.53. The van der Waals surface area contributed by atoms with Gasteiger partial charge in [-0.25, -0.2) is 0 Å². The first-order valence-electron chi connectivity index (χ1n) is 4.33. The van der Waals surface area contributed by atoms with Crippen LogP contribution >= 0.6 is 15.9 Å². The minimum atomic E-state index is -0.361. The molecule has 0 atom stereocenters. The first-order chi connectivity index (χ1) is 6.70. The topological polar surface area (TPSA) is 55.2 Å². The molecule has 5 heteroatoms. The molecular formula is C9H9BrN2O2. The molecule has 0 saturated carbocycles. The summed E-state index contributed by atoms with van der Waals surface area (Å²) >= 11 is 3.29. The summed E-state index contributed by atoms with van der Waals surface area (Å²) in [5, 5.41) is 13.8. The van der Waals surface area contributed by atoms with Gasteiger partial charge in [-0.1, -0.05) is 12.1 Å². The van der Waals surface area contributed by atoms with Crippen LogP contribution in [0.1, 0.15) is 11.5 Å². The van der Waals surface area contributed by atoms with E-state index in [9.17, 15) is 10.1 Å². The lowest BCUT2D eigenvalue weighted by Gasteiger charge is -2.28. The molecule has 1 saturated heterocycles. The van der Waals surface area contributed by atoms with E-state index in [4.69, 9.17) is 0 Å². The van der Waals surface area contributed by atoms with Crippen LogP contribution in [0, 0.1) is 10.1 Å². The first kappa shape index (κ1) is 9.61. The van der Waals surface area contributed by atoms with Crippen LogP contribution in [0.15, 0.2) is 22.7 Å². The van der Waals surface area contributed by atoms with Crippen LogP contribution in [0.4, 0.5) is 5.69 Å². The summed E-state index contributed by atoms with van der Waals surface area (Å²) in [6.07, 6.45) is 0. The Labute approximate surface area is 89.6 Å². The Balaban J connectivity index is 2.40. The van der Waals surface area contributed by atoms with Gasteiger partial charge in [0.05, 0.1) is 9.40 Å². The van der Waals surface area contributed by atoms with Crippen molar-refractivity contribution in [2.75, 3.05) is 13.1 Å². The normalized spacial score (nSPS) is 16.4. The Morgan fingerprint density at radius 3 is 2.71 bits per heavy atom. The molecular weight excluding hydrogens is 248 g/mol. The van der Waals surface area contributed by atoms with Gasteiger partial charge in [0.2, 0.25) is 0 Å². The monoisotopic (exact) mass is 256 g/mol. The highest BCUT2D eigenvalue weighted by Gasteiger charge is 2.24. The predicted molar refractivity (Wildman–Crippen MR) is 56.4 cm³/mol. The molecule has 0 unspecified atom stereocenters. The number of nitrogens with one attached hydrogen (secondary N) is 1. The minimum absolute atomic E-state index is 0.148. The van der Waals surface area contributed by atoms with Gasteiger partial charge in [-0.2, -0.15) is 0 Å². The molecule has 0 bridgehead atoms. The van der Waals surface area contributed by atoms with Crippen molar-refractivity contribution in [3.63, 3.8) is 0 Å². The Kier molecular flexibility index (Phi) is 2.52. The van der Waals surface area contributed by atoms with E-state index in [1.54, 1.807) is 6.07 Å². The van der Waals surface area contributed by atoms with E-state index < -0.39 is 0 Å². The Bertz CT molecular complexity index is 377. The van der Waals surface area contributed by atoms with Crippen LogP contribution in [0.5, 0.6) is 0 Å². The summed E-state index contributed by atoms with van der Waals surface area (Å²) < 4.78 is 0.622. The van der Waals surface area contributed by atoms with E-state index in [1.807, 2.05) is 6.07 Å². The highest BCUT2D eigenvalue weighted by molar-refractivity contribution is 9.10. The van der Waals surface area contributed by atoms with E-state index >= 15 is 0 Å². The summed E-state index contributed by atoms with van der Waals surface area (Å²) in [6.45, 7) is 1.81. The number of halogens is 1. The summed E-state index contributed by atoms with van der Waals surface area (Å²) in [4.78, 5) is 10.3. The van der Waals surface area contributed by atoms with Gasteiger partial charge < -0.3 is 5.32 Å². The molecule has 0 aromatic heterocycles. The lowest BCUT2D eigenvalue weighted by molar-refractivity contribution is -0.385.